The van der Waals surface area contributed by atoms with Crippen molar-refractivity contribution in [2.24, 2.45) is 0 Å². The molecule has 0 radical (unpaired) electrons. The summed E-state index contributed by atoms with van der Waals surface area (Å²) in [6.07, 6.45) is 0. The van der Waals surface area contributed by atoms with E-state index in [0.717, 1.165) is 22.3 Å². The number of nitrogens with one attached hydrogen (secondary N) is 1. The van der Waals surface area contributed by atoms with Crippen LogP contribution < -0.4 is 14.2 Å². The van der Waals surface area contributed by atoms with Gasteiger partial charge in [0.1, 0.15) is 0 Å². The average Bonchev–Trinajstić information content (AvgIpc) is 2.54. The highest BCUT2D eigenvalue weighted by Gasteiger charge is 2.20. The molecule has 0 fully saturated rings. The molecule has 0 aliphatic rings. The van der Waals surface area contributed by atoms with Crippen LogP contribution in [0.15, 0.2) is 35.2 Å². The predicted molar refractivity (Wildman–Crippen MR) is 103 cm³/mol. The van der Waals surface area contributed by atoms with Crippen molar-refractivity contribution in [3.05, 3.63) is 52.6 Å². The molecule has 0 aliphatic heterocycles. The first-order chi connectivity index (χ1) is 12.3. The number of aryl methyl sites for hydroxylation is 3. The largest absolute Gasteiger partial charge is 0.490 e. The van der Waals surface area contributed by atoms with Gasteiger partial charge in [-0.2, -0.15) is 0 Å². The first kappa shape index (κ1) is 20.3. The molecule has 0 amide bonds. The van der Waals surface area contributed by atoms with Crippen LogP contribution in [-0.2, 0) is 16.6 Å². The second-order valence-electron chi connectivity index (χ2n) is 6.20. The summed E-state index contributed by atoms with van der Waals surface area (Å²) in [6, 6.07) is 9.22. The van der Waals surface area contributed by atoms with Gasteiger partial charge < -0.3 is 9.47 Å². The molecule has 0 unspecified atom stereocenters. The lowest BCUT2D eigenvalue weighted by molar-refractivity contribution is 0.287. The topological polar surface area (TPSA) is 64.6 Å². The fraction of sp³-hybridized carbons (Fsp3) is 0.400. The summed E-state index contributed by atoms with van der Waals surface area (Å²) in [5.74, 6) is 1.28. The second-order valence-corrected chi connectivity index (χ2v) is 7.90. The van der Waals surface area contributed by atoms with Crippen LogP contribution >= 0.6 is 0 Å². The van der Waals surface area contributed by atoms with E-state index in [2.05, 4.69) is 4.72 Å². The summed E-state index contributed by atoms with van der Waals surface area (Å²) in [5, 5.41) is 0. The van der Waals surface area contributed by atoms with Gasteiger partial charge in [0.15, 0.2) is 11.5 Å². The van der Waals surface area contributed by atoms with E-state index in [4.69, 9.17) is 9.47 Å². The lowest BCUT2D eigenvalue weighted by Gasteiger charge is -2.15. The summed E-state index contributed by atoms with van der Waals surface area (Å²) in [4.78, 5) is 0.346. The zero-order chi connectivity index (χ0) is 19.3. The number of hydrogen-bond donors (Lipinski definition) is 1. The first-order valence-electron chi connectivity index (χ1n) is 8.74. The van der Waals surface area contributed by atoms with Crippen LogP contribution in [-0.4, -0.2) is 21.6 Å². The van der Waals surface area contributed by atoms with E-state index in [1.54, 1.807) is 6.07 Å². The molecule has 2 rings (SSSR count). The van der Waals surface area contributed by atoms with E-state index in [1.165, 1.54) is 0 Å². The number of ether oxygens (including phenoxy) is 2. The van der Waals surface area contributed by atoms with Crippen LogP contribution in [0.2, 0.25) is 0 Å². The Kier molecular flexibility index (Phi) is 6.67. The summed E-state index contributed by atoms with van der Waals surface area (Å²) in [5.41, 5.74) is 3.35. The molecule has 0 aromatic heterocycles. The molecule has 0 aliphatic carbocycles. The van der Waals surface area contributed by atoms with E-state index in [1.807, 2.05) is 58.9 Å². The first-order valence-corrected chi connectivity index (χ1v) is 10.2. The van der Waals surface area contributed by atoms with Crippen molar-refractivity contribution in [2.45, 2.75) is 46.1 Å². The quantitative estimate of drug-likeness (QED) is 0.758. The molecule has 2 aromatic rings. The van der Waals surface area contributed by atoms with Crippen molar-refractivity contribution in [3.63, 3.8) is 0 Å². The Hall–Kier alpha value is -2.05. The van der Waals surface area contributed by atoms with Crippen molar-refractivity contribution < 1.29 is 17.9 Å². The fourth-order valence-corrected chi connectivity index (χ4v) is 4.51. The summed E-state index contributed by atoms with van der Waals surface area (Å²) in [7, 11) is -3.60. The predicted octanol–water partition coefficient (Wildman–Crippen LogP) is 3.89. The zero-order valence-electron chi connectivity index (χ0n) is 16.0. The van der Waals surface area contributed by atoms with Gasteiger partial charge in [-0.1, -0.05) is 23.8 Å². The number of sulfonamides is 1. The van der Waals surface area contributed by atoms with Crippen LogP contribution in [0.5, 0.6) is 11.5 Å². The smallest absolute Gasteiger partial charge is 0.241 e. The highest BCUT2D eigenvalue weighted by molar-refractivity contribution is 7.89. The van der Waals surface area contributed by atoms with Crippen molar-refractivity contribution in [1.29, 1.82) is 0 Å². The van der Waals surface area contributed by atoms with Crippen molar-refractivity contribution in [2.75, 3.05) is 13.2 Å². The van der Waals surface area contributed by atoms with Gasteiger partial charge in [0.25, 0.3) is 0 Å². The Morgan fingerprint density at radius 3 is 2.04 bits per heavy atom. The lowest BCUT2D eigenvalue weighted by atomic mass is 10.1. The minimum absolute atomic E-state index is 0.182. The Morgan fingerprint density at radius 1 is 0.885 bits per heavy atom. The van der Waals surface area contributed by atoms with E-state index >= 15 is 0 Å². The minimum Gasteiger partial charge on any atom is -0.490 e. The maximum Gasteiger partial charge on any atom is 0.241 e. The second kappa shape index (κ2) is 8.56. The van der Waals surface area contributed by atoms with Crippen LogP contribution in [0, 0.1) is 20.8 Å². The number of hydrogen-bond acceptors (Lipinski definition) is 4. The average molecular weight is 378 g/mol. The van der Waals surface area contributed by atoms with E-state index in [9.17, 15) is 8.42 Å². The molecule has 6 heteroatoms. The number of benzene rings is 2. The Morgan fingerprint density at radius 2 is 1.46 bits per heavy atom. The Labute approximate surface area is 156 Å². The minimum atomic E-state index is -3.60. The van der Waals surface area contributed by atoms with Crippen LogP contribution in [0.1, 0.15) is 36.1 Å². The third kappa shape index (κ3) is 4.77. The van der Waals surface area contributed by atoms with Gasteiger partial charge >= 0.3 is 0 Å². The molecule has 2 aromatic carbocycles. The summed E-state index contributed by atoms with van der Waals surface area (Å²) in [6.45, 7) is 10.6. The highest BCUT2D eigenvalue weighted by Crippen LogP contribution is 2.29. The van der Waals surface area contributed by atoms with Gasteiger partial charge in [-0.3, -0.25) is 0 Å². The monoisotopic (exact) mass is 377 g/mol. The van der Waals surface area contributed by atoms with Gasteiger partial charge in [-0.05, 0) is 63.4 Å². The normalized spacial score (nSPS) is 11.4. The van der Waals surface area contributed by atoms with Crippen LogP contribution in [0.4, 0.5) is 0 Å². The molecule has 0 atom stereocenters. The zero-order valence-corrected chi connectivity index (χ0v) is 16.9. The lowest BCUT2D eigenvalue weighted by Crippen LogP contribution is -2.25. The molecule has 0 saturated heterocycles. The molecule has 0 saturated carbocycles. The number of rotatable bonds is 8. The molecule has 1 N–H and O–H groups in total. The van der Waals surface area contributed by atoms with Gasteiger partial charge in [0.05, 0.1) is 18.1 Å². The van der Waals surface area contributed by atoms with Gasteiger partial charge in [0, 0.05) is 6.54 Å². The molecule has 26 heavy (non-hydrogen) atoms. The summed E-state index contributed by atoms with van der Waals surface area (Å²) < 4.78 is 39.4. The maximum absolute atomic E-state index is 12.8. The highest BCUT2D eigenvalue weighted by atomic mass is 32.2. The molecule has 5 nitrogen and oxygen atoms in total. The summed E-state index contributed by atoms with van der Waals surface area (Å²) >= 11 is 0. The fourth-order valence-electron chi connectivity index (χ4n) is 3.05. The molecule has 0 heterocycles. The molecular weight excluding hydrogens is 350 g/mol. The van der Waals surface area contributed by atoms with Crippen LogP contribution in [0.25, 0.3) is 0 Å². The molecular formula is C20H27NO4S. The third-order valence-electron chi connectivity index (χ3n) is 3.95. The van der Waals surface area contributed by atoms with Gasteiger partial charge in [0.2, 0.25) is 10.0 Å². The molecule has 142 valence electrons. The van der Waals surface area contributed by atoms with Crippen molar-refractivity contribution in [1.82, 2.24) is 4.72 Å². The van der Waals surface area contributed by atoms with E-state index < -0.39 is 10.0 Å². The van der Waals surface area contributed by atoms with E-state index in [0.29, 0.717) is 29.6 Å². The van der Waals surface area contributed by atoms with Gasteiger partial charge in [-0.15, -0.1) is 0 Å². The third-order valence-corrected chi connectivity index (χ3v) is 5.65. The van der Waals surface area contributed by atoms with Gasteiger partial charge in [-0.25, -0.2) is 13.1 Å². The van der Waals surface area contributed by atoms with Crippen molar-refractivity contribution >= 4 is 10.0 Å². The van der Waals surface area contributed by atoms with E-state index in [-0.39, 0.29) is 6.54 Å². The van der Waals surface area contributed by atoms with Crippen molar-refractivity contribution in [3.8, 4) is 11.5 Å². The Bertz CT molecular complexity index is 852. The molecule has 0 bridgehead atoms. The standard InChI is InChI=1S/C20H27NO4S/c1-6-24-18-9-8-17(12-19(18)25-7-2)13-21-26(22,23)20-15(4)10-14(3)11-16(20)5/h8-12,21H,6-7,13H2,1-5H3. The van der Waals surface area contributed by atoms with Crippen LogP contribution in [0.3, 0.4) is 0 Å². The Balaban J connectivity index is 2.23. The SMILES string of the molecule is CCOc1ccc(CNS(=O)(=O)c2c(C)cc(C)cc2C)cc1OCC. The molecule has 0 spiro atoms. The maximum atomic E-state index is 12.8.